The average Bonchev–Trinajstić information content (AvgIpc) is 2.71. The van der Waals surface area contributed by atoms with Gasteiger partial charge >= 0.3 is 0 Å². The number of aliphatic hydroxyl groups is 1. The summed E-state index contributed by atoms with van der Waals surface area (Å²) < 4.78 is 1.93. The van der Waals surface area contributed by atoms with Crippen molar-refractivity contribution in [2.24, 2.45) is 0 Å². The van der Waals surface area contributed by atoms with Crippen molar-refractivity contribution in [3.05, 3.63) is 12.2 Å². The number of rotatable bonds is 3. The first-order valence-electron chi connectivity index (χ1n) is 4.61. The zero-order chi connectivity index (χ0) is 9.10. The molecular weight excluding hydrogens is 168 g/mol. The second kappa shape index (κ2) is 3.85. The van der Waals surface area contributed by atoms with Crippen LogP contribution in [0, 0.1) is 0 Å². The third kappa shape index (κ3) is 1.71. The van der Waals surface area contributed by atoms with E-state index in [1.807, 2.05) is 4.57 Å². The van der Waals surface area contributed by atoms with Crippen LogP contribution in [0.3, 0.4) is 0 Å². The number of nitrogens with zero attached hydrogens (tertiary/aromatic N) is 3. The monoisotopic (exact) mass is 182 g/mol. The van der Waals surface area contributed by atoms with Crippen LogP contribution in [0.2, 0.25) is 0 Å². The van der Waals surface area contributed by atoms with Crippen molar-refractivity contribution in [1.29, 1.82) is 0 Å². The molecule has 2 heterocycles. The highest BCUT2D eigenvalue weighted by atomic mass is 16.3. The van der Waals surface area contributed by atoms with Crippen molar-refractivity contribution in [3.63, 3.8) is 0 Å². The molecule has 1 unspecified atom stereocenters. The summed E-state index contributed by atoms with van der Waals surface area (Å²) in [6.45, 7) is 2.77. The number of nitrogens with one attached hydrogen (secondary N) is 1. The summed E-state index contributed by atoms with van der Waals surface area (Å²) in [6, 6.07) is 0. The van der Waals surface area contributed by atoms with Crippen LogP contribution in [0.5, 0.6) is 0 Å². The van der Waals surface area contributed by atoms with Gasteiger partial charge in [0.25, 0.3) is 0 Å². The summed E-state index contributed by atoms with van der Waals surface area (Å²) in [5.41, 5.74) is 0. The minimum atomic E-state index is 0.144. The van der Waals surface area contributed by atoms with Crippen molar-refractivity contribution in [3.8, 4) is 0 Å². The van der Waals surface area contributed by atoms with Gasteiger partial charge in [-0.15, -0.1) is 10.2 Å². The molecule has 5 nitrogen and oxygen atoms in total. The molecule has 0 spiro atoms. The fraction of sp³-hybridized carbons (Fsp3) is 0.750. The molecule has 0 saturated carbocycles. The standard InChI is InChI=1S/C8H14N4O/c13-4-3-12-6-10-11-8(12)7-1-2-9-5-7/h6-7,9,13H,1-5H2. The normalized spacial score (nSPS) is 22.4. The van der Waals surface area contributed by atoms with E-state index in [0.29, 0.717) is 12.5 Å². The van der Waals surface area contributed by atoms with Crippen molar-refractivity contribution in [2.45, 2.75) is 18.9 Å². The minimum Gasteiger partial charge on any atom is -0.395 e. The second-order valence-electron chi connectivity index (χ2n) is 3.30. The van der Waals surface area contributed by atoms with Gasteiger partial charge in [0.15, 0.2) is 0 Å². The van der Waals surface area contributed by atoms with Crippen LogP contribution in [0.15, 0.2) is 6.33 Å². The Kier molecular flexibility index (Phi) is 2.56. The van der Waals surface area contributed by atoms with E-state index in [4.69, 9.17) is 5.11 Å². The number of hydrogen-bond acceptors (Lipinski definition) is 4. The molecule has 5 heteroatoms. The predicted octanol–water partition coefficient (Wildman–Crippen LogP) is -0.653. The van der Waals surface area contributed by atoms with Crippen molar-refractivity contribution in [1.82, 2.24) is 20.1 Å². The third-order valence-electron chi connectivity index (χ3n) is 2.41. The molecule has 2 N–H and O–H groups in total. The first kappa shape index (κ1) is 8.65. The number of hydrogen-bond donors (Lipinski definition) is 2. The van der Waals surface area contributed by atoms with Crippen LogP contribution in [0.25, 0.3) is 0 Å². The molecule has 1 fully saturated rings. The molecular formula is C8H14N4O. The molecule has 0 aliphatic carbocycles. The lowest BCUT2D eigenvalue weighted by atomic mass is 10.1. The van der Waals surface area contributed by atoms with Crippen LogP contribution in [-0.2, 0) is 6.54 Å². The summed E-state index contributed by atoms with van der Waals surface area (Å²) in [7, 11) is 0. The molecule has 1 atom stereocenters. The van der Waals surface area contributed by atoms with Crippen LogP contribution >= 0.6 is 0 Å². The van der Waals surface area contributed by atoms with Gasteiger partial charge in [0, 0.05) is 19.0 Å². The van der Waals surface area contributed by atoms with Crippen LogP contribution in [0.1, 0.15) is 18.2 Å². The first-order valence-corrected chi connectivity index (χ1v) is 4.61. The Labute approximate surface area is 76.8 Å². The van der Waals surface area contributed by atoms with E-state index in [1.54, 1.807) is 6.33 Å². The van der Waals surface area contributed by atoms with E-state index in [2.05, 4.69) is 15.5 Å². The highest BCUT2D eigenvalue weighted by molar-refractivity contribution is 5.00. The Balaban J connectivity index is 2.13. The maximum atomic E-state index is 8.81. The Morgan fingerprint density at radius 2 is 2.62 bits per heavy atom. The molecule has 72 valence electrons. The van der Waals surface area contributed by atoms with Crippen molar-refractivity contribution >= 4 is 0 Å². The average molecular weight is 182 g/mol. The van der Waals surface area contributed by atoms with Crippen molar-refractivity contribution < 1.29 is 5.11 Å². The van der Waals surface area contributed by atoms with Gasteiger partial charge in [-0.2, -0.15) is 0 Å². The van der Waals surface area contributed by atoms with Gasteiger partial charge in [-0.3, -0.25) is 0 Å². The quantitative estimate of drug-likeness (QED) is 0.652. The largest absolute Gasteiger partial charge is 0.395 e. The minimum absolute atomic E-state index is 0.144. The first-order chi connectivity index (χ1) is 6.42. The van der Waals surface area contributed by atoms with Gasteiger partial charge < -0.3 is 15.0 Å². The molecule has 1 aromatic rings. The van der Waals surface area contributed by atoms with E-state index < -0.39 is 0 Å². The fourth-order valence-corrected chi connectivity index (χ4v) is 1.74. The Morgan fingerprint density at radius 1 is 1.69 bits per heavy atom. The van der Waals surface area contributed by atoms with Gasteiger partial charge in [-0.05, 0) is 13.0 Å². The Hall–Kier alpha value is -0.940. The third-order valence-corrected chi connectivity index (χ3v) is 2.41. The zero-order valence-corrected chi connectivity index (χ0v) is 7.48. The molecule has 0 amide bonds. The van der Waals surface area contributed by atoms with Gasteiger partial charge in [-0.1, -0.05) is 0 Å². The predicted molar refractivity (Wildman–Crippen MR) is 47.3 cm³/mol. The molecule has 1 aliphatic rings. The molecule has 1 saturated heterocycles. The SMILES string of the molecule is OCCn1cnnc1C1CCNC1. The highest BCUT2D eigenvalue weighted by Crippen LogP contribution is 2.19. The maximum absolute atomic E-state index is 8.81. The Bertz CT molecular complexity index is 267. The zero-order valence-electron chi connectivity index (χ0n) is 7.48. The van der Waals surface area contributed by atoms with Crippen LogP contribution < -0.4 is 5.32 Å². The lowest BCUT2D eigenvalue weighted by molar-refractivity contribution is 0.273. The van der Waals surface area contributed by atoms with E-state index in [9.17, 15) is 0 Å². The molecule has 1 aliphatic heterocycles. The summed E-state index contributed by atoms with van der Waals surface area (Å²) in [5, 5.41) is 20.0. The van der Waals surface area contributed by atoms with Gasteiger partial charge in [0.2, 0.25) is 0 Å². The molecule has 0 radical (unpaired) electrons. The number of aromatic nitrogens is 3. The molecule has 1 aromatic heterocycles. The molecule has 0 bridgehead atoms. The summed E-state index contributed by atoms with van der Waals surface area (Å²) in [4.78, 5) is 0. The van der Waals surface area contributed by atoms with Gasteiger partial charge in [0.1, 0.15) is 12.2 Å². The summed E-state index contributed by atoms with van der Waals surface area (Å²) in [5.74, 6) is 1.47. The fourth-order valence-electron chi connectivity index (χ4n) is 1.74. The van der Waals surface area contributed by atoms with Crippen LogP contribution in [-0.4, -0.2) is 39.6 Å². The van der Waals surface area contributed by atoms with E-state index in [1.165, 1.54) is 0 Å². The van der Waals surface area contributed by atoms with Gasteiger partial charge in [-0.25, -0.2) is 0 Å². The van der Waals surface area contributed by atoms with Gasteiger partial charge in [0.05, 0.1) is 6.61 Å². The highest BCUT2D eigenvalue weighted by Gasteiger charge is 2.21. The van der Waals surface area contributed by atoms with E-state index in [0.717, 1.165) is 25.3 Å². The summed E-state index contributed by atoms with van der Waals surface area (Å²) in [6.07, 6.45) is 2.80. The maximum Gasteiger partial charge on any atom is 0.137 e. The smallest absolute Gasteiger partial charge is 0.137 e. The van der Waals surface area contributed by atoms with E-state index >= 15 is 0 Å². The topological polar surface area (TPSA) is 63.0 Å². The summed E-state index contributed by atoms with van der Waals surface area (Å²) >= 11 is 0. The van der Waals surface area contributed by atoms with E-state index in [-0.39, 0.29) is 6.61 Å². The lowest BCUT2D eigenvalue weighted by Gasteiger charge is -2.08. The Morgan fingerprint density at radius 3 is 3.31 bits per heavy atom. The second-order valence-corrected chi connectivity index (χ2v) is 3.30. The molecule has 13 heavy (non-hydrogen) atoms. The van der Waals surface area contributed by atoms with Crippen molar-refractivity contribution in [2.75, 3.05) is 19.7 Å². The molecule has 2 rings (SSSR count). The van der Waals surface area contributed by atoms with Crippen LogP contribution in [0.4, 0.5) is 0 Å². The molecule has 0 aromatic carbocycles. The number of aliphatic hydroxyl groups excluding tert-OH is 1. The lowest BCUT2D eigenvalue weighted by Crippen LogP contribution is -2.13.